The van der Waals surface area contributed by atoms with Gasteiger partial charge < -0.3 is 19.5 Å². The Bertz CT molecular complexity index is 1040. The summed E-state index contributed by atoms with van der Waals surface area (Å²) in [6.07, 6.45) is 4.63. The third-order valence-corrected chi connectivity index (χ3v) is 5.94. The van der Waals surface area contributed by atoms with E-state index in [1.165, 1.54) is 39.5 Å². The van der Waals surface area contributed by atoms with E-state index in [-0.39, 0.29) is 10.9 Å². The van der Waals surface area contributed by atoms with Crippen LogP contribution in [0.25, 0.3) is 6.08 Å². The fraction of sp³-hybridized carbons (Fsp3) is 0.286. The minimum atomic E-state index is -3.59. The Morgan fingerprint density at radius 1 is 1.03 bits per heavy atom. The predicted molar refractivity (Wildman–Crippen MR) is 114 cm³/mol. The van der Waals surface area contributed by atoms with Crippen LogP contribution in [0.4, 0.5) is 5.69 Å². The first kappa shape index (κ1) is 21.7. The summed E-state index contributed by atoms with van der Waals surface area (Å²) in [6.45, 7) is 0. The van der Waals surface area contributed by atoms with E-state index in [9.17, 15) is 13.2 Å². The number of sulfonamides is 1. The average Bonchev–Trinajstić information content (AvgIpc) is 3.54. The zero-order chi connectivity index (χ0) is 21.7. The number of carbonyl (C=O) groups is 1. The van der Waals surface area contributed by atoms with E-state index >= 15 is 0 Å². The van der Waals surface area contributed by atoms with Gasteiger partial charge in [-0.2, -0.15) is 0 Å². The molecular weight excluding hydrogens is 408 g/mol. The molecule has 2 aromatic rings. The molecule has 1 aliphatic carbocycles. The smallest absolute Gasteiger partial charge is 0.248 e. The van der Waals surface area contributed by atoms with Crippen LogP contribution in [-0.4, -0.2) is 41.7 Å². The SMILES string of the molecule is COc1cc(/C=C/C(=O)Nc2cccc(S(=O)(=O)NC3CC3)c2)cc(OC)c1OC. The minimum Gasteiger partial charge on any atom is -0.493 e. The Labute approximate surface area is 175 Å². The van der Waals surface area contributed by atoms with Crippen LogP contribution in [0.5, 0.6) is 17.2 Å². The number of benzene rings is 2. The van der Waals surface area contributed by atoms with Crippen molar-refractivity contribution in [2.24, 2.45) is 0 Å². The lowest BCUT2D eigenvalue weighted by atomic mass is 10.1. The molecule has 0 radical (unpaired) electrons. The molecule has 2 N–H and O–H groups in total. The highest BCUT2D eigenvalue weighted by Gasteiger charge is 2.28. The van der Waals surface area contributed by atoms with Crippen molar-refractivity contribution in [3.63, 3.8) is 0 Å². The third kappa shape index (κ3) is 5.31. The fourth-order valence-electron chi connectivity index (χ4n) is 2.78. The maximum atomic E-state index is 12.3. The summed E-state index contributed by atoms with van der Waals surface area (Å²) in [6, 6.07) is 9.56. The molecular formula is C21H24N2O6S. The van der Waals surface area contributed by atoms with Crippen molar-refractivity contribution < 1.29 is 27.4 Å². The van der Waals surface area contributed by atoms with Gasteiger partial charge in [-0.25, -0.2) is 13.1 Å². The highest BCUT2D eigenvalue weighted by molar-refractivity contribution is 7.89. The zero-order valence-corrected chi connectivity index (χ0v) is 17.8. The summed E-state index contributed by atoms with van der Waals surface area (Å²) in [5.74, 6) is 0.990. The van der Waals surface area contributed by atoms with Crippen molar-refractivity contribution in [2.75, 3.05) is 26.6 Å². The number of ether oxygens (including phenoxy) is 3. The number of nitrogens with one attached hydrogen (secondary N) is 2. The lowest BCUT2D eigenvalue weighted by Crippen LogP contribution is -2.25. The second-order valence-electron chi connectivity index (χ2n) is 6.70. The highest BCUT2D eigenvalue weighted by atomic mass is 32.2. The van der Waals surface area contributed by atoms with Crippen LogP contribution in [0.15, 0.2) is 47.4 Å². The van der Waals surface area contributed by atoms with E-state index in [0.29, 0.717) is 28.5 Å². The van der Waals surface area contributed by atoms with E-state index in [4.69, 9.17) is 14.2 Å². The van der Waals surface area contributed by atoms with E-state index in [0.717, 1.165) is 12.8 Å². The lowest BCUT2D eigenvalue weighted by molar-refractivity contribution is -0.111. The van der Waals surface area contributed by atoms with E-state index in [2.05, 4.69) is 10.0 Å². The molecule has 0 bridgehead atoms. The summed E-state index contributed by atoms with van der Waals surface area (Å²) < 4.78 is 43.2. The quantitative estimate of drug-likeness (QED) is 0.591. The van der Waals surface area contributed by atoms with E-state index < -0.39 is 15.9 Å². The Morgan fingerprint density at radius 2 is 1.70 bits per heavy atom. The highest BCUT2D eigenvalue weighted by Crippen LogP contribution is 2.38. The molecule has 3 rings (SSSR count). The van der Waals surface area contributed by atoms with Gasteiger partial charge in [0.05, 0.1) is 26.2 Å². The van der Waals surface area contributed by atoms with Crippen LogP contribution in [0.2, 0.25) is 0 Å². The third-order valence-electron chi connectivity index (χ3n) is 4.43. The molecule has 0 aliphatic heterocycles. The molecule has 1 amide bonds. The van der Waals surface area contributed by atoms with Gasteiger partial charge in [-0.3, -0.25) is 4.79 Å². The molecule has 1 aliphatic rings. The van der Waals surface area contributed by atoms with Crippen LogP contribution in [0.1, 0.15) is 18.4 Å². The van der Waals surface area contributed by atoms with Crippen LogP contribution in [0.3, 0.4) is 0 Å². The largest absolute Gasteiger partial charge is 0.493 e. The molecule has 30 heavy (non-hydrogen) atoms. The topological polar surface area (TPSA) is 103 Å². The number of amides is 1. The van der Waals surface area contributed by atoms with Crippen molar-refractivity contribution >= 4 is 27.7 Å². The average molecular weight is 432 g/mol. The van der Waals surface area contributed by atoms with Crippen molar-refractivity contribution in [3.8, 4) is 17.2 Å². The van der Waals surface area contributed by atoms with Gasteiger partial charge in [-0.15, -0.1) is 0 Å². The van der Waals surface area contributed by atoms with E-state index in [1.54, 1.807) is 30.3 Å². The molecule has 0 spiro atoms. The summed E-state index contributed by atoms with van der Waals surface area (Å²) in [5.41, 5.74) is 1.05. The first-order valence-electron chi connectivity index (χ1n) is 9.27. The number of hydrogen-bond acceptors (Lipinski definition) is 6. The normalized spacial score (nSPS) is 13.8. The number of methoxy groups -OCH3 is 3. The molecule has 160 valence electrons. The minimum absolute atomic E-state index is 0.00894. The number of anilines is 1. The molecule has 1 saturated carbocycles. The zero-order valence-electron chi connectivity index (χ0n) is 17.0. The maximum absolute atomic E-state index is 12.3. The van der Waals surface area contributed by atoms with Crippen LogP contribution < -0.4 is 24.2 Å². The van der Waals surface area contributed by atoms with Gasteiger partial charge in [0.15, 0.2) is 11.5 Å². The molecule has 0 aromatic heterocycles. The monoisotopic (exact) mass is 432 g/mol. The van der Waals surface area contributed by atoms with Gasteiger partial charge in [0.2, 0.25) is 21.7 Å². The Morgan fingerprint density at radius 3 is 2.27 bits per heavy atom. The van der Waals surface area contributed by atoms with Gasteiger partial charge in [0.25, 0.3) is 0 Å². The molecule has 0 saturated heterocycles. The summed E-state index contributed by atoms with van der Waals surface area (Å²) >= 11 is 0. The molecule has 0 atom stereocenters. The first-order chi connectivity index (χ1) is 14.4. The fourth-order valence-corrected chi connectivity index (χ4v) is 4.13. The molecule has 0 unspecified atom stereocenters. The second-order valence-corrected chi connectivity index (χ2v) is 8.42. The van der Waals surface area contributed by atoms with Crippen molar-refractivity contribution in [1.29, 1.82) is 0 Å². The number of rotatable bonds is 9. The van der Waals surface area contributed by atoms with Crippen LogP contribution >= 0.6 is 0 Å². The van der Waals surface area contributed by atoms with Gasteiger partial charge in [-0.1, -0.05) is 6.07 Å². The number of hydrogen-bond donors (Lipinski definition) is 2. The summed E-state index contributed by atoms with van der Waals surface area (Å²) in [5, 5.41) is 2.67. The van der Waals surface area contributed by atoms with Crippen LogP contribution in [-0.2, 0) is 14.8 Å². The predicted octanol–water partition coefficient (Wildman–Crippen LogP) is 2.81. The standard InChI is InChI=1S/C21H24N2O6S/c1-27-18-11-14(12-19(28-2)21(18)29-3)7-10-20(24)22-16-5-4-6-17(13-16)30(25,26)23-15-8-9-15/h4-7,10-13,15,23H,8-9H2,1-3H3,(H,22,24)/b10-7+. The van der Waals surface area contributed by atoms with Crippen molar-refractivity contribution in [1.82, 2.24) is 4.72 Å². The molecule has 9 heteroatoms. The molecule has 2 aromatic carbocycles. The molecule has 8 nitrogen and oxygen atoms in total. The van der Waals surface area contributed by atoms with Gasteiger partial charge in [0.1, 0.15) is 0 Å². The molecule has 1 fully saturated rings. The van der Waals surface area contributed by atoms with Gasteiger partial charge >= 0.3 is 0 Å². The van der Waals surface area contributed by atoms with Crippen molar-refractivity contribution in [2.45, 2.75) is 23.8 Å². The second kappa shape index (κ2) is 9.19. The maximum Gasteiger partial charge on any atom is 0.248 e. The Kier molecular flexibility index (Phi) is 6.63. The Balaban J connectivity index is 1.73. The molecule has 0 heterocycles. The number of carbonyl (C=O) groups excluding carboxylic acids is 1. The lowest BCUT2D eigenvalue weighted by Gasteiger charge is -2.12. The van der Waals surface area contributed by atoms with Gasteiger partial charge in [0, 0.05) is 17.8 Å². The van der Waals surface area contributed by atoms with E-state index in [1.807, 2.05) is 0 Å². The summed E-state index contributed by atoms with van der Waals surface area (Å²) in [7, 11) is 0.941. The van der Waals surface area contributed by atoms with Crippen molar-refractivity contribution in [3.05, 3.63) is 48.0 Å². The summed E-state index contributed by atoms with van der Waals surface area (Å²) in [4.78, 5) is 12.4. The first-order valence-corrected chi connectivity index (χ1v) is 10.8. The van der Waals surface area contributed by atoms with Gasteiger partial charge in [-0.05, 0) is 54.8 Å². The van der Waals surface area contributed by atoms with Crippen LogP contribution in [0, 0.1) is 0 Å². The Hall–Kier alpha value is -3.04.